The number of hydrogen-bond acceptors (Lipinski definition) is 5. The van der Waals surface area contributed by atoms with Crippen LogP contribution in [0, 0.1) is 6.92 Å². The number of nitrogens with zero attached hydrogens (tertiary/aromatic N) is 3. The molecule has 1 aliphatic carbocycles. The van der Waals surface area contributed by atoms with Crippen molar-refractivity contribution in [3.63, 3.8) is 0 Å². The molecule has 2 heterocycles. The normalized spacial score (nSPS) is 19.1. The zero-order valence-electron chi connectivity index (χ0n) is 13.6. The maximum atomic E-state index is 12.4. The molecule has 1 aromatic rings. The van der Waals surface area contributed by atoms with Crippen molar-refractivity contribution in [3.05, 3.63) is 22.1 Å². The van der Waals surface area contributed by atoms with Gasteiger partial charge in [0.15, 0.2) is 0 Å². The highest BCUT2D eigenvalue weighted by Gasteiger charge is 2.21. The molecule has 0 unspecified atom stereocenters. The van der Waals surface area contributed by atoms with Crippen molar-refractivity contribution in [2.45, 2.75) is 45.2 Å². The maximum absolute atomic E-state index is 12.4. The molecule has 7 heteroatoms. The van der Waals surface area contributed by atoms with Crippen molar-refractivity contribution < 1.29 is 9.53 Å². The fraction of sp³-hybridized carbons (Fsp3) is 0.688. The lowest BCUT2D eigenvalue weighted by molar-refractivity contribution is -0.122. The average Bonchev–Trinajstić information content (AvgIpc) is 3.03. The zero-order valence-corrected chi connectivity index (χ0v) is 13.6. The minimum absolute atomic E-state index is 0.0231. The third-order valence-corrected chi connectivity index (χ3v) is 4.43. The summed E-state index contributed by atoms with van der Waals surface area (Å²) in [5, 5.41) is 3.03. The summed E-state index contributed by atoms with van der Waals surface area (Å²) in [4.78, 5) is 31.2. The Morgan fingerprint density at radius 1 is 1.35 bits per heavy atom. The van der Waals surface area contributed by atoms with Gasteiger partial charge in [-0.2, -0.15) is 0 Å². The number of hydrogen-bond donors (Lipinski definition) is 1. The second kappa shape index (κ2) is 7.12. The third-order valence-electron chi connectivity index (χ3n) is 4.43. The van der Waals surface area contributed by atoms with Gasteiger partial charge in [-0.1, -0.05) is 12.8 Å². The molecular weight excluding hydrogens is 296 g/mol. The number of aryl methyl sites for hydroxylation is 1. The molecule has 1 N–H and O–H groups in total. The second-order valence-electron chi connectivity index (χ2n) is 6.27. The summed E-state index contributed by atoms with van der Waals surface area (Å²) >= 11 is 0. The van der Waals surface area contributed by atoms with Crippen LogP contribution in [0.5, 0.6) is 0 Å². The van der Waals surface area contributed by atoms with E-state index in [1.165, 1.54) is 10.6 Å². The number of amides is 1. The molecule has 1 aromatic heterocycles. The smallest absolute Gasteiger partial charge is 0.255 e. The summed E-state index contributed by atoms with van der Waals surface area (Å²) in [6.07, 6.45) is 4.39. The minimum atomic E-state index is -0.180. The van der Waals surface area contributed by atoms with Gasteiger partial charge in [-0.05, 0) is 19.8 Å². The van der Waals surface area contributed by atoms with Crippen molar-refractivity contribution in [3.8, 4) is 0 Å². The monoisotopic (exact) mass is 320 g/mol. The molecule has 1 amide bonds. The van der Waals surface area contributed by atoms with Crippen LogP contribution in [0.1, 0.15) is 31.4 Å². The Kier molecular flexibility index (Phi) is 4.95. The van der Waals surface area contributed by atoms with E-state index >= 15 is 0 Å². The second-order valence-corrected chi connectivity index (χ2v) is 6.27. The molecule has 2 aliphatic rings. The van der Waals surface area contributed by atoms with Gasteiger partial charge in [0.1, 0.15) is 6.54 Å². The number of morpholine rings is 1. The van der Waals surface area contributed by atoms with Gasteiger partial charge in [0.25, 0.3) is 5.56 Å². The predicted octanol–water partition coefficient (Wildman–Crippen LogP) is 0.447. The van der Waals surface area contributed by atoms with Crippen molar-refractivity contribution in [2.24, 2.45) is 0 Å². The van der Waals surface area contributed by atoms with Crippen molar-refractivity contribution >= 4 is 11.9 Å². The summed E-state index contributed by atoms with van der Waals surface area (Å²) in [5.41, 5.74) is 0.490. The van der Waals surface area contributed by atoms with E-state index in [-0.39, 0.29) is 24.1 Å². The van der Waals surface area contributed by atoms with Crippen LogP contribution in [0.3, 0.4) is 0 Å². The lowest BCUT2D eigenvalue weighted by atomic mass is 10.2. The molecule has 23 heavy (non-hydrogen) atoms. The molecule has 0 spiro atoms. The Balaban J connectivity index is 1.79. The van der Waals surface area contributed by atoms with Crippen molar-refractivity contribution in [1.82, 2.24) is 14.9 Å². The minimum Gasteiger partial charge on any atom is -0.378 e. The SMILES string of the molecule is Cc1cc(=O)n(CC(=O)NC2CCCC2)c(N2CCOCC2)n1. The summed E-state index contributed by atoms with van der Waals surface area (Å²) in [6.45, 7) is 4.40. The first-order chi connectivity index (χ1) is 11.1. The van der Waals surface area contributed by atoms with Crippen LogP contribution in [-0.4, -0.2) is 47.8 Å². The Hall–Kier alpha value is -1.89. The van der Waals surface area contributed by atoms with E-state index in [9.17, 15) is 9.59 Å². The summed E-state index contributed by atoms with van der Waals surface area (Å²) in [6, 6.07) is 1.73. The molecule has 1 saturated heterocycles. The number of nitrogens with one attached hydrogen (secondary N) is 1. The van der Waals surface area contributed by atoms with Crippen LogP contribution in [-0.2, 0) is 16.1 Å². The Labute approximate surface area is 135 Å². The topological polar surface area (TPSA) is 76.5 Å². The number of aromatic nitrogens is 2. The Bertz CT molecular complexity index is 616. The third kappa shape index (κ3) is 3.90. The molecule has 0 atom stereocenters. The van der Waals surface area contributed by atoms with Gasteiger partial charge in [-0.15, -0.1) is 0 Å². The van der Waals surface area contributed by atoms with Crippen molar-refractivity contribution in [1.29, 1.82) is 0 Å². The molecule has 7 nitrogen and oxygen atoms in total. The van der Waals surface area contributed by atoms with Gasteiger partial charge in [0.2, 0.25) is 11.9 Å². The molecule has 3 rings (SSSR count). The number of carbonyl (C=O) groups is 1. The van der Waals surface area contributed by atoms with Crippen LogP contribution < -0.4 is 15.8 Å². The molecule has 0 aromatic carbocycles. The highest BCUT2D eigenvalue weighted by Crippen LogP contribution is 2.18. The molecule has 1 aliphatic heterocycles. The first-order valence-electron chi connectivity index (χ1n) is 8.34. The van der Waals surface area contributed by atoms with Gasteiger partial charge >= 0.3 is 0 Å². The fourth-order valence-electron chi connectivity index (χ4n) is 3.25. The lowest BCUT2D eigenvalue weighted by Gasteiger charge is -2.29. The van der Waals surface area contributed by atoms with Crippen LogP contribution in [0.25, 0.3) is 0 Å². The van der Waals surface area contributed by atoms with Crippen molar-refractivity contribution in [2.75, 3.05) is 31.2 Å². The van der Waals surface area contributed by atoms with E-state index < -0.39 is 0 Å². The summed E-state index contributed by atoms with van der Waals surface area (Å²) in [5.74, 6) is 0.457. The van der Waals surface area contributed by atoms with Gasteiger partial charge in [-0.25, -0.2) is 4.98 Å². The molecular formula is C16H24N4O3. The Morgan fingerprint density at radius 3 is 2.74 bits per heavy atom. The number of anilines is 1. The number of rotatable bonds is 4. The molecule has 0 bridgehead atoms. The van der Waals surface area contributed by atoms with Gasteiger partial charge in [0, 0.05) is 30.9 Å². The summed E-state index contributed by atoms with van der Waals surface area (Å²) < 4.78 is 6.83. The fourth-order valence-corrected chi connectivity index (χ4v) is 3.25. The van der Waals surface area contributed by atoms with E-state index in [1.807, 2.05) is 4.90 Å². The van der Waals surface area contributed by atoms with E-state index in [2.05, 4.69) is 10.3 Å². The van der Waals surface area contributed by atoms with Gasteiger partial charge < -0.3 is 15.0 Å². The molecule has 2 fully saturated rings. The molecule has 1 saturated carbocycles. The highest BCUT2D eigenvalue weighted by atomic mass is 16.5. The summed E-state index contributed by atoms with van der Waals surface area (Å²) in [7, 11) is 0. The van der Waals surface area contributed by atoms with E-state index in [1.54, 1.807) is 6.92 Å². The predicted molar refractivity (Wildman–Crippen MR) is 86.7 cm³/mol. The Morgan fingerprint density at radius 2 is 2.04 bits per heavy atom. The first-order valence-corrected chi connectivity index (χ1v) is 8.34. The highest BCUT2D eigenvalue weighted by molar-refractivity contribution is 5.76. The van der Waals surface area contributed by atoms with Gasteiger partial charge in [-0.3, -0.25) is 14.2 Å². The van der Waals surface area contributed by atoms with E-state index in [0.29, 0.717) is 37.9 Å². The average molecular weight is 320 g/mol. The largest absolute Gasteiger partial charge is 0.378 e. The van der Waals surface area contributed by atoms with Crippen LogP contribution in [0.4, 0.5) is 5.95 Å². The number of carbonyl (C=O) groups excluding carboxylic acids is 1. The quantitative estimate of drug-likeness (QED) is 0.871. The standard InChI is InChI=1S/C16H24N4O3/c1-12-10-15(22)20(11-14(21)18-13-4-2-3-5-13)16(17-12)19-6-8-23-9-7-19/h10,13H,2-9,11H2,1H3,(H,18,21). The molecule has 126 valence electrons. The lowest BCUT2D eigenvalue weighted by Crippen LogP contribution is -2.43. The van der Waals surface area contributed by atoms with E-state index in [4.69, 9.17) is 4.74 Å². The number of ether oxygens (including phenoxy) is 1. The molecule has 0 radical (unpaired) electrons. The van der Waals surface area contributed by atoms with Crippen LogP contribution in [0.15, 0.2) is 10.9 Å². The van der Waals surface area contributed by atoms with E-state index in [0.717, 1.165) is 25.7 Å². The van der Waals surface area contributed by atoms with Crippen LogP contribution >= 0.6 is 0 Å². The zero-order chi connectivity index (χ0) is 16.2. The maximum Gasteiger partial charge on any atom is 0.255 e. The van der Waals surface area contributed by atoms with Gasteiger partial charge in [0.05, 0.1) is 13.2 Å². The van der Waals surface area contributed by atoms with Crippen LogP contribution in [0.2, 0.25) is 0 Å². The first kappa shape index (κ1) is 16.0.